The highest BCUT2D eigenvalue weighted by Crippen LogP contribution is 2.20. The number of sulfonamides is 1. The first-order chi connectivity index (χ1) is 9.46. The Labute approximate surface area is 118 Å². The Balaban J connectivity index is 2.27. The smallest absolute Gasteiger partial charge is 0.267 e. The lowest BCUT2D eigenvalue weighted by Gasteiger charge is -2.07. The Morgan fingerprint density at radius 1 is 1.25 bits per heavy atom. The molecule has 0 radical (unpaired) electrons. The highest BCUT2D eigenvalue weighted by atomic mass is 32.2. The second-order valence-corrected chi connectivity index (χ2v) is 6.04. The summed E-state index contributed by atoms with van der Waals surface area (Å²) in [6, 6.07) is 7.24. The van der Waals surface area contributed by atoms with Gasteiger partial charge in [0.1, 0.15) is 4.90 Å². The fourth-order valence-electron chi connectivity index (χ4n) is 1.81. The molecule has 0 aliphatic heterocycles. The van der Waals surface area contributed by atoms with Crippen LogP contribution >= 0.6 is 0 Å². The van der Waals surface area contributed by atoms with E-state index in [2.05, 4.69) is 9.82 Å². The summed E-state index contributed by atoms with van der Waals surface area (Å²) in [6.07, 6.45) is 2.33. The number of benzene rings is 1. The molecule has 20 heavy (non-hydrogen) atoms. The van der Waals surface area contributed by atoms with Crippen LogP contribution in [0.3, 0.4) is 0 Å². The molecule has 108 valence electrons. The Hall–Kier alpha value is -2.02. The zero-order valence-corrected chi connectivity index (χ0v) is 12.3. The Kier molecular flexibility index (Phi) is 3.99. The molecule has 2 rings (SSSR count). The monoisotopic (exact) mass is 294 g/mol. The van der Waals surface area contributed by atoms with Crippen LogP contribution in [0.1, 0.15) is 19.4 Å². The molecule has 1 aromatic heterocycles. The summed E-state index contributed by atoms with van der Waals surface area (Å²) in [5.74, 6) is 0.00419. The molecule has 7 heteroatoms. The van der Waals surface area contributed by atoms with Crippen LogP contribution in [0.5, 0.6) is 0 Å². The van der Waals surface area contributed by atoms with Crippen LogP contribution in [-0.4, -0.2) is 18.2 Å². The molecular formula is C13H18N4O2S. The quantitative estimate of drug-likeness (QED) is 0.880. The van der Waals surface area contributed by atoms with E-state index in [-0.39, 0.29) is 10.7 Å². The van der Waals surface area contributed by atoms with Gasteiger partial charge in [-0.3, -0.25) is 9.40 Å². The summed E-state index contributed by atoms with van der Waals surface area (Å²) < 4.78 is 28.5. The topological polar surface area (TPSA) is 90.0 Å². The van der Waals surface area contributed by atoms with E-state index in [1.54, 1.807) is 12.1 Å². The molecule has 0 aliphatic rings. The van der Waals surface area contributed by atoms with Crippen molar-refractivity contribution in [1.29, 1.82) is 0 Å². The number of hydrogen-bond acceptors (Lipinski definition) is 4. The molecular weight excluding hydrogens is 276 g/mol. The molecule has 3 N–H and O–H groups in total. The second kappa shape index (κ2) is 5.54. The molecule has 0 spiro atoms. The van der Waals surface area contributed by atoms with E-state index in [0.717, 1.165) is 12.0 Å². The second-order valence-electron chi connectivity index (χ2n) is 4.39. The maximum atomic E-state index is 12.3. The summed E-state index contributed by atoms with van der Waals surface area (Å²) in [7, 11) is -3.71. The summed E-state index contributed by atoms with van der Waals surface area (Å²) in [5.41, 5.74) is 7.30. The van der Waals surface area contributed by atoms with Crippen LogP contribution in [0.2, 0.25) is 0 Å². The normalized spacial score (nSPS) is 11.5. The molecule has 0 saturated heterocycles. The SMILES string of the molecule is CCc1ccc(NS(=O)(=O)c2cn(CC)nc2N)cc1. The average molecular weight is 294 g/mol. The van der Waals surface area contributed by atoms with Crippen molar-refractivity contribution in [1.82, 2.24) is 9.78 Å². The van der Waals surface area contributed by atoms with Gasteiger partial charge in [-0.25, -0.2) is 8.42 Å². The number of nitrogens with one attached hydrogen (secondary N) is 1. The van der Waals surface area contributed by atoms with Gasteiger partial charge in [0.25, 0.3) is 10.0 Å². The van der Waals surface area contributed by atoms with Crippen molar-refractivity contribution in [2.75, 3.05) is 10.5 Å². The van der Waals surface area contributed by atoms with Gasteiger partial charge >= 0.3 is 0 Å². The number of nitrogens with zero attached hydrogens (tertiary/aromatic N) is 2. The number of aromatic nitrogens is 2. The highest BCUT2D eigenvalue weighted by Gasteiger charge is 2.21. The van der Waals surface area contributed by atoms with Crippen molar-refractivity contribution in [3.63, 3.8) is 0 Å². The zero-order valence-electron chi connectivity index (χ0n) is 11.5. The van der Waals surface area contributed by atoms with Crippen molar-refractivity contribution >= 4 is 21.5 Å². The summed E-state index contributed by atoms with van der Waals surface area (Å²) >= 11 is 0. The van der Waals surface area contributed by atoms with Crippen LogP contribution in [0, 0.1) is 0 Å². The molecule has 2 aromatic rings. The minimum absolute atomic E-state index is 0.00100. The first-order valence-electron chi connectivity index (χ1n) is 6.41. The minimum atomic E-state index is -3.71. The summed E-state index contributed by atoms with van der Waals surface area (Å²) in [4.78, 5) is -0.00100. The van der Waals surface area contributed by atoms with Crippen LogP contribution in [0.25, 0.3) is 0 Å². The number of rotatable bonds is 5. The van der Waals surface area contributed by atoms with Gasteiger partial charge in [-0.2, -0.15) is 5.10 Å². The number of nitrogen functional groups attached to an aromatic ring is 1. The molecule has 0 bridgehead atoms. The Morgan fingerprint density at radius 2 is 1.90 bits per heavy atom. The number of hydrogen-bond donors (Lipinski definition) is 2. The van der Waals surface area contributed by atoms with Crippen molar-refractivity contribution in [2.24, 2.45) is 0 Å². The van der Waals surface area contributed by atoms with E-state index in [9.17, 15) is 8.42 Å². The molecule has 0 atom stereocenters. The van der Waals surface area contributed by atoms with Gasteiger partial charge in [-0.15, -0.1) is 0 Å². The molecule has 1 aromatic carbocycles. The lowest BCUT2D eigenvalue weighted by Crippen LogP contribution is -2.13. The fourth-order valence-corrected chi connectivity index (χ4v) is 2.94. The Morgan fingerprint density at radius 3 is 2.40 bits per heavy atom. The maximum Gasteiger partial charge on any atom is 0.267 e. The van der Waals surface area contributed by atoms with Crippen LogP contribution < -0.4 is 10.5 Å². The van der Waals surface area contributed by atoms with Gasteiger partial charge in [0.05, 0.1) is 0 Å². The molecule has 6 nitrogen and oxygen atoms in total. The summed E-state index contributed by atoms with van der Waals surface area (Å²) in [5, 5.41) is 3.94. The number of nitrogens with two attached hydrogens (primary N) is 1. The largest absolute Gasteiger partial charge is 0.381 e. The molecule has 0 fully saturated rings. The van der Waals surface area contributed by atoms with Crippen LogP contribution in [-0.2, 0) is 23.0 Å². The fraction of sp³-hybridized carbons (Fsp3) is 0.308. The lowest BCUT2D eigenvalue weighted by atomic mass is 10.2. The third-order valence-electron chi connectivity index (χ3n) is 2.98. The Bertz CT molecular complexity index is 690. The van der Waals surface area contributed by atoms with E-state index >= 15 is 0 Å². The molecule has 0 unspecified atom stereocenters. The lowest BCUT2D eigenvalue weighted by molar-refractivity contribution is 0.600. The van der Waals surface area contributed by atoms with Gasteiger partial charge in [0.2, 0.25) is 0 Å². The van der Waals surface area contributed by atoms with Crippen molar-refractivity contribution in [3.8, 4) is 0 Å². The van der Waals surface area contributed by atoms with E-state index in [1.165, 1.54) is 10.9 Å². The van der Waals surface area contributed by atoms with E-state index in [4.69, 9.17) is 5.73 Å². The average Bonchev–Trinajstić information content (AvgIpc) is 2.81. The minimum Gasteiger partial charge on any atom is -0.381 e. The number of aryl methyl sites for hydroxylation is 2. The van der Waals surface area contributed by atoms with Crippen molar-refractivity contribution in [2.45, 2.75) is 31.7 Å². The number of anilines is 2. The van der Waals surface area contributed by atoms with E-state index in [1.807, 2.05) is 26.0 Å². The van der Waals surface area contributed by atoms with Crippen molar-refractivity contribution in [3.05, 3.63) is 36.0 Å². The van der Waals surface area contributed by atoms with Gasteiger partial charge in [-0.1, -0.05) is 19.1 Å². The van der Waals surface area contributed by atoms with Crippen LogP contribution in [0.15, 0.2) is 35.4 Å². The predicted molar refractivity (Wildman–Crippen MR) is 78.9 cm³/mol. The zero-order chi connectivity index (χ0) is 14.8. The third-order valence-corrected chi connectivity index (χ3v) is 4.38. The predicted octanol–water partition coefficient (Wildman–Crippen LogP) is 1.85. The standard InChI is InChI=1S/C13H18N4O2S/c1-3-10-5-7-11(8-6-10)16-20(18,19)12-9-17(4-2)15-13(12)14/h5-9,16H,3-4H2,1-2H3,(H2,14,15). The van der Waals surface area contributed by atoms with Gasteiger partial charge < -0.3 is 5.73 Å². The van der Waals surface area contributed by atoms with E-state index < -0.39 is 10.0 Å². The molecule has 1 heterocycles. The van der Waals surface area contributed by atoms with E-state index in [0.29, 0.717) is 12.2 Å². The molecule has 0 aliphatic carbocycles. The molecule has 0 amide bonds. The summed E-state index contributed by atoms with van der Waals surface area (Å²) in [6.45, 7) is 4.46. The third kappa shape index (κ3) is 2.93. The highest BCUT2D eigenvalue weighted by molar-refractivity contribution is 7.92. The van der Waals surface area contributed by atoms with Gasteiger partial charge in [0.15, 0.2) is 5.82 Å². The van der Waals surface area contributed by atoms with Gasteiger partial charge in [-0.05, 0) is 31.0 Å². The molecule has 0 saturated carbocycles. The van der Waals surface area contributed by atoms with Gasteiger partial charge in [0, 0.05) is 18.4 Å². The first-order valence-corrected chi connectivity index (χ1v) is 7.89. The van der Waals surface area contributed by atoms with Crippen molar-refractivity contribution < 1.29 is 8.42 Å². The first kappa shape index (κ1) is 14.4. The maximum absolute atomic E-state index is 12.3. The van der Waals surface area contributed by atoms with Crippen LogP contribution in [0.4, 0.5) is 11.5 Å².